The number of para-hydroxylation sites is 9. The normalized spacial score (nSPS) is 11.6. The van der Waals surface area contributed by atoms with Crippen LogP contribution in [0.5, 0.6) is 0 Å². The van der Waals surface area contributed by atoms with Gasteiger partial charge in [0.15, 0.2) is 17.5 Å². The van der Waals surface area contributed by atoms with Gasteiger partial charge in [-0.05, 0) is 221 Å². The summed E-state index contributed by atoms with van der Waals surface area (Å²) in [5, 5.41) is 16.5. The van der Waals surface area contributed by atoms with Gasteiger partial charge in [-0.2, -0.15) is 0 Å². The molecule has 0 radical (unpaired) electrons. The zero-order chi connectivity index (χ0) is 97.6. The first-order valence-electron chi connectivity index (χ1n) is 50.1. The topological polar surface area (TPSA) is 107 Å². The Hall–Kier alpha value is -20.1. The molecule has 0 unspecified atom stereocenters. The van der Waals surface area contributed by atoms with Crippen LogP contribution in [0.4, 0.5) is 0 Å². The third kappa shape index (κ3) is 15.3. The zero-order valence-electron chi connectivity index (χ0n) is 80.2. The zero-order valence-corrected chi connectivity index (χ0v) is 80.2. The van der Waals surface area contributed by atoms with Crippen molar-refractivity contribution < 1.29 is 0 Å². The van der Waals surface area contributed by atoms with Crippen molar-refractivity contribution in [2.45, 2.75) is 0 Å². The Morgan fingerprint density at radius 2 is 0.412 bits per heavy atom. The van der Waals surface area contributed by atoms with E-state index < -0.39 is 0 Å². The maximum absolute atomic E-state index is 5.41. The highest BCUT2D eigenvalue weighted by Crippen LogP contribution is 2.45. The van der Waals surface area contributed by atoms with Crippen molar-refractivity contribution in [1.82, 2.24) is 57.3 Å². The van der Waals surface area contributed by atoms with Gasteiger partial charge in [-0.25, -0.2) is 29.9 Å². The van der Waals surface area contributed by atoms with Gasteiger partial charge in [-0.3, -0.25) is 0 Å². The quantitative estimate of drug-likeness (QED) is 0.107. The molecule has 30 rings (SSSR count). The second kappa shape index (κ2) is 36.2. The number of aromatic nitrogens is 12. The minimum Gasteiger partial charge on any atom is -0.316 e. The lowest BCUT2D eigenvalue weighted by molar-refractivity contribution is 1.12. The molecule has 0 saturated heterocycles. The van der Waals surface area contributed by atoms with E-state index in [1.54, 1.807) is 0 Å². The molecule has 9 heterocycles. The fourth-order valence-electron chi connectivity index (χ4n) is 22.0. The van der Waals surface area contributed by atoms with Gasteiger partial charge < -0.3 is 27.4 Å². The highest BCUT2D eigenvalue weighted by atomic mass is 15.0. The van der Waals surface area contributed by atoms with Crippen LogP contribution in [0.3, 0.4) is 0 Å². The van der Waals surface area contributed by atoms with Crippen molar-refractivity contribution in [3.05, 3.63) is 534 Å². The van der Waals surface area contributed by atoms with Crippen molar-refractivity contribution in [1.29, 1.82) is 0 Å². The summed E-state index contributed by atoms with van der Waals surface area (Å²) in [5.74, 6) is 2.11. The summed E-state index contributed by atoms with van der Waals surface area (Å²) in [6.07, 6.45) is 6.49. The minimum absolute atomic E-state index is 0.688. The second-order valence-corrected chi connectivity index (χ2v) is 37.8. The van der Waals surface area contributed by atoms with Gasteiger partial charge in [0.2, 0.25) is 0 Å². The second-order valence-electron chi connectivity index (χ2n) is 37.8. The van der Waals surface area contributed by atoms with Gasteiger partial charge in [-0.1, -0.05) is 328 Å². The first kappa shape index (κ1) is 85.9. The molecule has 0 fully saturated rings. The fourth-order valence-corrected chi connectivity index (χ4v) is 22.0. The van der Waals surface area contributed by atoms with Crippen molar-refractivity contribution >= 4 is 142 Å². The number of rotatable bonds is 14. The van der Waals surface area contributed by atoms with Crippen LogP contribution in [0.25, 0.3) is 266 Å². The SMILES string of the molecule is c1ccc(-c2cc(-c3ccccc3)cc(-c3nc(-c4cccc(-n5c6ccccc6c6cc7ccn(-c8ccccc8)c7cc65)c4)nc4ccccc34)c2)cc1.c1ccc(-c2nc(-c3cccc(-n4c5ccccc5c5cc6ccn(-c7ccccc7)c6cc54)c3)nc3ccccc23)cc1.c1ccc(-n2ccc3cc4c5ccccc5n(-c5cccc(-c6nc(-c7ccc8ccccc8c7)c7ccccc7n6)c5)c4cc32)cc1. The summed E-state index contributed by atoms with van der Waals surface area (Å²) in [4.78, 5) is 31.1. The van der Waals surface area contributed by atoms with Crippen molar-refractivity contribution in [2.24, 2.45) is 0 Å². The molecule has 0 bridgehead atoms. The van der Waals surface area contributed by atoms with Gasteiger partial charge in [0.1, 0.15) is 0 Å². The number of benzene rings is 21. The Kier molecular flexibility index (Phi) is 21.0. The Morgan fingerprint density at radius 3 is 0.784 bits per heavy atom. The van der Waals surface area contributed by atoms with Crippen molar-refractivity contribution in [2.75, 3.05) is 0 Å². The lowest BCUT2D eigenvalue weighted by atomic mass is 9.94. The summed E-state index contributed by atoms with van der Waals surface area (Å²) in [6, 6.07) is 182. The smallest absolute Gasteiger partial charge is 0.160 e. The number of nitrogens with zero attached hydrogens (tertiary/aromatic N) is 12. The maximum Gasteiger partial charge on any atom is 0.160 e. The molecule has 0 spiro atoms. The van der Waals surface area contributed by atoms with E-state index in [9.17, 15) is 0 Å². The molecule has 0 aliphatic heterocycles. The summed E-state index contributed by atoms with van der Waals surface area (Å²) in [7, 11) is 0. The van der Waals surface area contributed by atoms with E-state index in [1.807, 2.05) is 24.3 Å². The molecule has 692 valence electrons. The van der Waals surface area contributed by atoms with Crippen LogP contribution in [-0.2, 0) is 0 Å². The molecular weight excluding hydrogens is 1800 g/mol. The van der Waals surface area contributed by atoms with E-state index in [1.165, 1.54) is 86.8 Å². The molecule has 0 amide bonds. The van der Waals surface area contributed by atoms with E-state index in [0.717, 1.165) is 162 Å². The number of hydrogen-bond acceptors (Lipinski definition) is 6. The first-order chi connectivity index (χ1) is 73.3. The fraction of sp³-hybridized carbons (Fsp3) is 0. The van der Waals surface area contributed by atoms with Crippen LogP contribution in [-0.4, -0.2) is 57.3 Å². The molecule has 9 aromatic heterocycles. The third-order valence-electron chi connectivity index (χ3n) is 28.9. The number of hydrogen-bond donors (Lipinski definition) is 0. The monoisotopic (exact) mass is 1890 g/mol. The molecule has 0 atom stereocenters. The van der Waals surface area contributed by atoms with E-state index in [4.69, 9.17) is 29.9 Å². The standard InChI is InChI=1S/C52H34N4.C44H28N4.C40H26N4/c1-4-15-35(16-5-1)39-29-40(36-17-6-2-7-18-36)31-41(30-39)51-45-24-10-12-25-47(45)53-52(54-51)38-19-14-22-43(32-38)56-48-26-13-11-23-44(48)46-33-37-27-28-55(49(37)34-50(46)56)42-20-8-3-9-21-42;1-2-14-34(15-3-1)47-24-23-31-27-38-36-17-7-9-20-40(36)48(42(38)28-41(31)47)35-16-10-13-33(26-35)44-45-39-19-8-6-18-37(39)43(46-44)32-22-21-29-11-4-5-12-30(29)25-32;1-3-12-27(13-4-1)39-33-19-7-9-20-35(33)41-40(42-39)29-14-11-17-31(24-29)44-36-21-10-8-18-32(36)34-25-28-22-23-43(37(28)26-38(34)44)30-15-5-2-6-16-30/h1-34H;1-28H;1-26H. The van der Waals surface area contributed by atoms with E-state index in [2.05, 4.69) is 537 Å². The van der Waals surface area contributed by atoms with Gasteiger partial charge in [0, 0.05) is 151 Å². The Balaban J connectivity index is 0.000000108. The number of fused-ring (bicyclic) bond motifs is 16. The third-order valence-corrected chi connectivity index (χ3v) is 28.9. The predicted molar refractivity (Wildman–Crippen MR) is 613 cm³/mol. The highest BCUT2D eigenvalue weighted by Gasteiger charge is 2.25. The molecule has 0 aliphatic rings. The molecule has 12 heteroatoms. The van der Waals surface area contributed by atoms with Gasteiger partial charge in [0.25, 0.3) is 0 Å². The lowest BCUT2D eigenvalue weighted by Crippen LogP contribution is -1.98. The van der Waals surface area contributed by atoms with E-state index >= 15 is 0 Å². The Morgan fingerprint density at radius 1 is 0.128 bits per heavy atom. The van der Waals surface area contributed by atoms with Crippen LogP contribution in [0.15, 0.2) is 534 Å². The van der Waals surface area contributed by atoms with Crippen LogP contribution >= 0.6 is 0 Å². The highest BCUT2D eigenvalue weighted by molar-refractivity contribution is 6.17. The molecule has 30 aromatic rings. The molecule has 0 saturated carbocycles. The van der Waals surface area contributed by atoms with Crippen molar-refractivity contribution in [3.63, 3.8) is 0 Å². The molecule has 21 aromatic carbocycles. The molecular formula is C136H88N12. The molecule has 0 N–H and O–H groups in total. The lowest BCUT2D eigenvalue weighted by Gasteiger charge is -2.14. The van der Waals surface area contributed by atoms with Crippen LogP contribution < -0.4 is 0 Å². The summed E-state index contributed by atoms with van der Waals surface area (Å²) in [5.41, 5.74) is 33.4. The van der Waals surface area contributed by atoms with Crippen LogP contribution in [0, 0.1) is 0 Å². The van der Waals surface area contributed by atoms with Crippen LogP contribution in [0.2, 0.25) is 0 Å². The van der Waals surface area contributed by atoms with E-state index in [-0.39, 0.29) is 0 Å². The Bertz CT molecular complexity index is 10400. The predicted octanol–water partition coefficient (Wildman–Crippen LogP) is 34.5. The van der Waals surface area contributed by atoms with Gasteiger partial charge >= 0.3 is 0 Å². The first-order valence-corrected chi connectivity index (χ1v) is 50.1. The summed E-state index contributed by atoms with van der Waals surface area (Å²) >= 11 is 0. The van der Waals surface area contributed by atoms with Gasteiger partial charge in [0.05, 0.1) is 83.3 Å². The average molecular weight is 1890 g/mol. The summed E-state index contributed by atoms with van der Waals surface area (Å²) in [6.45, 7) is 0. The largest absolute Gasteiger partial charge is 0.316 e. The van der Waals surface area contributed by atoms with Crippen molar-refractivity contribution in [3.8, 4) is 124 Å². The molecule has 0 aliphatic carbocycles. The average Bonchev–Trinajstić information content (AvgIpc) is 1.58. The molecule has 148 heavy (non-hydrogen) atoms. The Labute approximate surface area is 851 Å². The minimum atomic E-state index is 0.688. The molecule has 12 nitrogen and oxygen atoms in total. The summed E-state index contributed by atoms with van der Waals surface area (Å²) < 4.78 is 13.9. The van der Waals surface area contributed by atoms with E-state index in [0.29, 0.717) is 17.5 Å². The van der Waals surface area contributed by atoms with Crippen LogP contribution in [0.1, 0.15) is 0 Å². The van der Waals surface area contributed by atoms with Gasteiger partial charge in [-0.15, -0.1) is 0 Å². The maximum atomic E-state index is 5.41.